The zero-order valence-corrected chi connectivity index (χ0v) is 8.68. The molecule has 2 nitrogen and oxygen atoms in total. The third-order valence-corrected chi connectivity index (χ3v) is 1.68. The van der Waals surface area contributed by atoms with Crippen molar-refractivity contribution in [3.63, 3.8) is 0 Å². The first-order valence-electron chi connectivity index (χ1n) is 4.68. The summed E-state index contributed by atoms with van der Waals surface area (Å²) in [5, 5.41) is 0. The highest BCUT2D eigenvalue weighted by atomic mass is 16.5. The molecule has 1 rings (SSSR count). The van der Waals surface area contributed by atoms with Crippen LogP contribution in [0.25, 0.3) is 0 Å². The second-order valence-electron chi connectivity index (χ2n) is 2.79. The van der Waals surface area contributed by atoms with E-state index in [0.717, 1.165) is 11.3 Å². The molecule has 76 valence electrons. The number of hydrogen-bond donors (Lipinski definition) is 0. The van der Waals surface area contributed by atoms with Crippen molar-refractivity contribution in [3.05, 3.63) is 42.1 Å². The molecule has 0 aliphatic rings. The summed E-state index contributed by atoms with van der Waals surface area (Å²) in [6, 6.07) is 7.63. The van der Waals surface area contributed by atoms with Crippen molar-refractivity contribution in [2.75, 3.05) is 6.61 Å². The third kappa shape index (κ3) is 3.70. The number of nitrogens with zero attached hydrogens (tertiary/aromatic N) is 1. The fourth-order valence-corrected chi connectivity index (χ4v) is 1.05. The highest BCUT2D eigenvalue weighted by Crippen LogP contribution is 2.15. The molecule has 15 heavy (non-hydrogen) atoms. The number of benzene rings is 1. The summed E-state index contributed by atoms with van der Waals surface area (Å²) in [5.74, 6) is 3.18. The summed E-state index contributed by atoms with van der Waals surface area (Å²) >= 11 is 0. The van der Waals surface area contributed by atoms with E-state index >= 15 is 0 Å². The number of ether oxygens (including phenoxy) is 1. The van der Waals surface area contributed by atoms with Crippen LogP contribution in [0.1, 0.15) is 12.5 Å². The fourth-order valence-electron chi connectivity index (χ4n) is 1.05. The molecule has 0 aromatic heterocycles. The standard InChI is InChI=1S/C13H13NO/c1-3-9-14-11-12-7-5-6-8-13(12)15-10-4-2/h2-3,5-9,11H,10H2,1H3/b9-3-,14-11?. The maximum Gasteiger partial charge on any atom is 0.148 e. The first kappa shape index (κ1) is 11.1. The quantitative estimate of drug-likeness (QED) is 0.539. The van der Waals surface area contributed by atoms with Crippen LogP contribution in [0, 0.1) is 12.3 Å². The van der Waals surface area contributed by atoms with Gasteiger partial charge in [-0.3, -0.25) is 4.99 Å². The summed E-state index contributed by atoms with van der Waals surface area (Å²) in [6.07, 6.45) is 10.5. The van der Waals surface area contributed by atoms with Crippen molar-refractivity contribution < 1.29 is 4.74 Å². The van der Waals surface area contributed by atoms with E-state index in [1.807, 2.05) is 37.3 Å². The maximum absolute atomic E-state index is 5.37. The first-order valence-corrected chi connectivity index (χ1v) is 4.68. The summed E-state index contributed by atoms with van der Waals surface area (Å²) in [4.78, 5) is 4.09. The average Bonchev–Trinajstić information content (AvgIpc) is 2.28. The minimum Gasteiger partial charge on any atom is -0.480 e. The molecule has 0 fully saturated rings. The fraction of sp³-hybridized carbons (Fsp3) is 0.154. The Morgan fingerprint density at radius 1 is 1.47 bits per heavy atom. The molecule has 0 spiro atoms. The Bertz CT molecular complexity index is 399. The molecule has 0 aliphatic carbocycles. The lowest BCUT2D eigenvalue weighted by Gasteiger charge is -2.04. The molecule has 0 unspecified atom stereocenters. The summed E-state index contributed by atoms with van der Waals surface area (Å²) in [7, 11) is 0. The molecule has 0 aliphatic heterocycles. The van der Waals surface area contributed by atoms with E-state index in [9.17, 15) is 0 Å². The van der Waals surface area contributed by atoms with Gasteiger partial charge in [0.2, 0.25) is 0 Å². The van der Waals surface area contributed by atoms with Crippen molar-refractivity contribution in [2.45, 2.75) is 6.92 Å². The first-order chi connectivity index (χ1) is 7.38. The lowest BCUT2D eigenvalue weighted by molar-refractivity contribution is 0.370. The van der Waals surface area contributed by atoms with Crippen molar-refractivity contribution in [1.29, 1.82) is 0 Å². The lowest BCUT2D eigenvalue weighted by atomic mass is 10.2. The van der Waals surface area contributed by atoms with Crippen LogP contribution in [0.3, 0.4) is 0 Å². The molecule has 2 heteroatoms. The zero-order chi connectivity index (χ0) is 10.9. The van der Waals surface area contributed by atoms with Crippen molar-refractivity contribution in [3.8, 4) is 18.1 Å². The van der Waals surface area contributed by atoms with Crippen molar-refractivity contribution >= 4 is 6.21 Å². The highest BCUT2D eigenvalue weighted by Gasteiger charge is 1.97. The van der Waals surface area contributed by atoms with E-state index in [4.69, 9.17) is 11.2 Å². The van der Waals surface area contributed by atoms with E-state index < -0.39 is 0 Å². The molecule has 0 saturated heterocycles. The number of hydrogen-bond acceptors (Lipinski definition) is 2. The Morgan fingerprint density at radius 3 is 3.00 bits per heavy atom. The zero-order valence-electron chi connectivity index (χ0n) is 8.68. The van der Waals surface area contributed by atoms with Gasteiger partial charge in [-0.2, -0.15) is 0 Å². The average molecular weight is 199 g/mol. The molecule has 1 aromatic carbocycles. The van der Waals surface area contributed by atoms with Gasteiger partial charge in [-0.1, -0.05) is 24.1 Å². The van der Waals surface area contributed by atoms with Gasteiger partial charge in [-0.15, -0.1) is 6.42 Å². The van der Waals surface area contributed by atoms with Crippen LogP contribution >= 0.6 is 0 Å². The predicted octanol–water partition coefficient (Wildman–Crippen LogP) is 2.65. The molecule has 0 N–H and O–H groups in total. The molecule has 0 heterocycles. The van der Waals surface area contributed by atoms with Gasteiger partial charge in [0.25, 0.3) is 0 Å². The van der Waals surface area contributed by atoms with E-state index in [0.29, 0.717) is 0 Å². The normalized spacial score (nSPS) is 10.7. The van der Waals surface area contributed by atoms with Crippen LogP contribution in [0.5, 0.6) is 5.75 Å². The minimum absolute atomic E-state index is 0.272. The smallest absolute Gasteiger partial charge is 0.148 e. The second-order valence-corrected chi connectivity index (χ2v) is 2.79. The lowest BCUT2D eigenvalue weighted by Crippen LogP contribution is -1.96. The van der Waals surface area contributed by atoms with Gasteiger partial charge in [0.05, 0.1) is 0 Å². The maximum atomic E-state index is 5.37. The van der Waals surface area contributed by atoms with Crippen LogP contribution in [-0.2, 0) is 0 Å². The third-order valence-electron chi connectivity index (χ3n) is 1.68. The summed E-state index contributed by atoms with van der Waals surface area (Å²) in [5.41, 5.74) is 0.922. The Hall–Kier alpha value is -2.01. The monoisotopic (exact) mass is 199 g/mol. The number of para-hydroxylation sites is 1. The highest BCUT2D eigenvalue weighted by molar-refractivity contribution is 5.83. The van der Waals surface area contributed by atoms with E-state index in [1.165, 1.54) is 0 Å². The van der Waals surface area contributed by atoms with Crippen LogP contribution < -0.4 is 4.74 Å². The van der Waals surface area contributed by atoms with Gasteiger partial charge in [-0.05, 0) is 19.1 Å². The number of allylic oxidation sites excluding steroid dienone is 1. The van der Waals surface area contributed by atoms with Gasteiger partial charge < -0.3 is 4.74 Å². The molecular weight excluding hydrogens is 186 g/mol. The summed E-state index contributed by atoms with van der Waals surface area (Å²) in [6.45, 7) is 2.19. The topological polar surface area (TPSA) is 21.6 Å². The molecular formula is C13H13NO. The Balaban J connectivity index is 2.82. The van der Waals surface area contributed by atoms with Crippen LogP contribution in [0.4, 0.5) is 0 Å². The molecule has 0 saturated carbocycles. The number of terminal acetylenes is 1. The van der Waals surface area contributed by atoms with E-state index in [2.05, 4.69) is 10.9 Å². The van der Waals surface area contributed by atoms with Gasteiger partial charge in [0.1, 0.15) is 12.4 Å². The van der Waals surface area contributed by atoms with Crippen molar-refractivity contribution in [2.24, 2.45) is 4.99 Å². The number of aliphatic imine (C=N–C) groups is 1. The van der Waals surface area contributed by atoms with Gasteiger partial charge in [0, 0.05) is 18.0 Å². The molecule has 0 bridgehead atoms. The Labute approximate surface area is 90.3 Å². The molecule has 0 amide bonds. The predicted molar refractivity (Wildman–Crippen MR) is 63.2 cm³/mol. The van der Waals surface area contributed by atoms with E-state index in [-0.39, 0.29) is 6.61 Å². The minimum atomic E-state index is 0.272. The second kappa shape index (κ2) is 6.44. The SMILES string of the molecule is C#CCOc1ccccc1C=N/C=C\C. The number of rotatable bonds is 4. The van der Waals surface area contributed by atoms with Gasteiger partial charge in [0.15, 0.2) is 0 Å². The largest absolute Gasteiger partial charge is 0.480 e. The van der Waals surface area contributed by atoms with Gasteiger partial charge >= 0.3 is 0 Å². The Morgan fingerprint density at radius 2 is 2.27 bits per heavy atom. The van der Waals surface area contributed by atoms with E-state index in [1.54, 1.807) is 12.4 Å². The molecule has 0 atom stereocenters. The molecule has 1 aromatic rings. The Kier molecular flexibility index (Phi) is 4.75. The molecule has 0 radical (unpaired) electrons. The van der Waals surface area contributed by atoms with Gasteiger partial charge in [-0.25, -0.2) is 0 Å². The van der Waals surface area contributed by atoms with Crippen LogP contribution in [0.2, 0.25) is 0 Å². The van der Waals surface area contributed by atoms with Crippen LogP contribution in [0.15, 0.2) is 41.5 Å². The van der Waals surface area contributed by atoms with Crippen molar-refractivity contribution in [1.82, 2.24) is 0 Å². The summed E-state index contributed by atoms with van der Waals surface area (Å²) < 4.78 is 5.37. The van der Waals surface area contributed by atoms with Crippen LogP contribution in [-0.4, -0.2) is 12.8 Å².